The van der Waals surface area contributed by atoms with E-state index in [2.05, 4.69) is 10.6 Å². The molecule has 0 unspecified atom stereocenters. The van der Waals surface area contributed by atoms with Crippen molar-refractivity contribution in [3.05, 3.63) is 29.6 Å². The number of amides is 2. The summed E-state index contributed by atoms with van der Waals surface area (Å²) in [5.74, 6) is -2.08. The van der Waals surface area contributed by atoms with Crippen LogP contribution < -0.4 is 10.6 Å². The number of urea groups is 1. The Bertz CT molecular complexity index is 515. The standard InChI is InChI=1S/C14H19FN2O3/c1-4-8-14(2,3)17-13(20)16-11-9(12(18)19)6-5-7-10(11)15/h5-7H,4,8H2,1-3H3,(H,18,19)(H2,16,17,20). The Kier molecular flexibility index (Phi) is 5.07. The molecular weight excluding hydrogens is 263 g/mol. The number of nitrogens with one attached hydrogen (secondary N) is 2. The zero-order valence-corrected chi connectivity index (χ0v) is 11.8. The van der Waals surface area contributed by atoms with Crippen LogP contribution in [-0.2, 0) is 0 Å². The molecule has 6 heteroatoms. The van der Waals surface area contributed by atoms with E-state index < -0.39 is 23.4 Å². The van der Waals surface area contributed by atoms with Crippen LogP contribution in [0.3, 0.4) is 0 Å². The molecule has 0 radical (unpaired) electrons. The van der Waals surface area contributed by atoms with Crippen molar-refractivity contribution in [3.63, 3.8) is 0 Å². The van der Waals surface area contributed by atoms with Crippen molar-refractivity contribution in [3.8, 4) is 0 Å². The highest BCUT2D eigenvalue weighted by Gasteiger charge is 2.21. The fraction of sp³-hybridized carbons (Fsp3) is 0.429. The SMILES string of the molecule is CCCC(C)(C)NC(=O)Nc1c(F)cccc1C(=O)O. The van der Waals surface area contributed by atoms with E-state index in [1.54, 1.807) is 0 Å². The highest BCUT2D eigenvalue weighted by atomic mass is 19.1. The second-order valence-electron chi connectivity index (χ2n) is 5.18. The number of para-hydroxylation sites is 1. The Morgan fingerprint density at radius 2 is 2.00 bits per heavy atom. The van der Waals surface area contributed by atoms with Crippen LogP contribution >= 0.6 is 0 Å². The molecule has 5 nitrogen and oxygen atoms in total. The van der Waals surface area contributed by atoms with Crippen LogP contribution in [0.25, 0.3) is 0 Å². The molecule has 1 aromatic rings. The highest BCUT2D eigenvalue weighted by Crippen LogP contribution is 2.20. The number of carboxylic acid groups (broad SMARTS) is 1. The summed E-state index contributed by atoms with van der Waals surface area (Å²) in [6.45, 7) is 5.67. The molecule has 2 amide bonds. The van der Waals surface area contributed by atoms with Gasteiger partial charge in [0.25, 0.3) is 0 Å². The first-order valence-electron chi connectivity index (χ1n) is 6.38. The smallest absolute Gasteiger partial charge is 0.337 e. The van der Waals surface area contributed by atoms with E-state index >= 15 is 0 Å². The molecule has 1 rings (SSSR count). The molecule has 0 atom stereocenters. The first kappa shape index (κ1) is 15.9. The Morgan fingerprint density at radius 1 is 1.35 bits per heavy atom. The molecule has 1 aromatic carbocycles. The number of anilines is 1. The monoisotopic (exact) mass is 282 g/mol. The predicted molar refractivity (Wildman–Crippen MR) is 74.5 cm³/mol. The van der Waals surface area contributed by atoms with Gasteiger partial charge in [-0.25, -0.2) is 14.0 Å². The number of rotatable bonds is 5. The van der Waals surface area contributed by atoms with E-state index in [0.29, 0.717) is 0 Å². The lowest BCUT2D eigenvalue weighted by atomic mass is 9.99. The molecule has 110 valence electrons. The van der Waals surface area contributed by atoms with Gasteiger partial charge in [0.15, 0.2) is 0 Å². The van der Waals surface area contributed by atoms with Crippen LogP contribution in [0.15, 0.2) is 18.2 Å². The normalized spacial score (nSPS) is 11.0. The minimum absolute atomic E-state index is 0.284. The molecule has 0 aliphatic heterocycles. The molecule has 0 saturated heterocycles. The number of benzene rings is 1. The summed E-state index contributed by atoms with van der Waals surface area (Å²) >= 11 is 0. The summed E-state index contributed by atoms with van der Waals surface area (Å²) in [6.07, 6.45) is 1.64. The Hall–Kier alpha value is -2.11. The fourth-order valence-electron chi connectivity index (χ4n) is 1.97. The second-order valence-corrected chi connectivity index (χ2v) is 5.18. The zero-order valence-electron chi connectivity index (χ0n) is 11.8. The van der Waals surface area contributed by atoms with Crippen molar-refractivity contribution < 1.29 is 19.1 Å². The van der Waals surface area contributed by atoms with E-state index in [1.165, 1.54) is 12.1 Å². The van der Waals surface area contributed by atoms with Gasteiger partial charge in [-0.2, -0.15) is 0 Å². The van der Waals surface area contributed by atoms with Crippen molar-refractivity contribution >= 4 is 17.7 Å². The number of aromatic carboxylic acids is 1. The van der Waals surface area contributed by atoms with Gasteiger partial charge in [-0.05, 0) is 32.4 Å². The van der Waals surface area contributed by atoms with Crippen LogP contribution in [0, 0.1) is 5.82 Å². The number of carbonyl (C=O) groups is 2. The molecule has 0 aliphatic rings. The van der Waals surface area contributed by atoms with Gasteiger partial charge in [0.05, 0.1) is 11.3 Å². The zero-order chi connectivity index (χ0) is 15.3. The van der Waals surface area contributed by atoms with Gasteiger partial charge >= 0.3 is 12.0 Å². The van der Waals surface area contributed by atoms with Crippen molar-refractivity contribution in [2.24, 2.45) is 0 Å². The van der Waals surface area contributed by atoms with Crippen LogP contribution in [0.4, 0.5) is 14.9 Å². The Morgan fingerprint density at radius 3 is 2.55 bits per heavy atom. The van der Waals surface area contributed by atoms with Gasteiger partial charge in [-0.1, -0.05) is 19.4 Å². The van der Waals surface area contributed by atoms with Crippen LogP contribution in [0.2, 0.25) is 0 Å². The summed E-state index contributed by atoms with van der Waals surface area (Å²) in [7, 11) is 0. The maximum absolute atomic E-state index is 13.6. The third kappa shape index (κ3) is 4.22. The van der Waals surface area contributed by atoms with Gasteiger partial charge in [-0.3, -0.25) is 0 Å². The molecule has 0 saturated carbocycles. The maximum Gasteiger partial charge on any atom is 0.337 e. The van der Waals surface area contributed by atoms with E-state index in [4.69, 9.17) is 5.11 Å². The largest absolute Gasteiger partial charge is 0.478 e. The molecule has 0 fully saturated rings. The number of halogens is 1. The number of hydrogen-bond donors (Lipinski definition) is 3. The Labute approximate surface area is 117 Å². The highest BCUT2D eigenvalue weighted by molar-refractivity contribution is 6.00. The minimum atomic E-state index is -1.30. The maximum atomic E-state index is 13.6. The predicted octanol–water partition coefficient (Wildman–Crippen LogP) is 3.22. The van der Waals surface area contributed by atoms with Crippen molar-refractivity contribution in [1.29, 1.82) is 0 Å². The third-order valence-electron chi connectivity index (χ3n) is 2.81. The Balaban J connectivity index is 2.89. The molecule has 0 bridgehead atoms. The van der Waals surface area contributed by atoms with Gasteiger partial charge in [0.2, 0.25) is 0 Å². The van der Waals surface area contributed by atoms with E-state index in [-0.39, 0.29) is 11.3 Å². The molecule has 0 heterocycles. The second kappa shape index (κ2) is 6.36. The number of hydrogen-bond acceptors (Lipinski definition) is 2. The average Bonchev–Trinajstić information content (AvgIpc) is 2.30. The minimum Gasteiger partial charge on any atom is -0.478 e. The molecular formula is C14H19FN2O3. The average molecular weight is 282 g/mol. The van der Waals surface area contributed by atoms with Crippen molar-refractivity contribution in [2.75, 3.05) is 5.32 Å². The lowest BCUT2D eigenvalue weighted by Crippen LogP contribution is -2.45. The van der Waals surface area contributed by atoms with Crippen molar-refractivity contribution in [1.82, 2.24) is 5.32 Å². The van der Waals surface area contributed by atoms with Crippen LogP contribution in [0.5, 0.6) is 0 Å². The van der Waals surface area contributed by atoms with Crippen LogP contribution in [0.1, 0.15) is 44.0 Å². The summed E-state index contributed by atoms with van der Waals surface area (Å²) in [5.41, 5.74) is -1.06. The van der Waals surface area contributed by atoms with E-state index in [9.17, 15) is 14.0 Å². The van der Waals surface area contributed by atoms with Crippen molar-refractivity contribution in [2.45, 2.75) is 39.2 Å². The third-order valence-corrected chi connectivity index (χ3v) is 2.81. The van der Waals surface area contributed by atoms with Gasteiger partial charge in [0.1, 0.15) is 5.82 Å². The lowest BCUT2D eigenvalue weighted by molar-refractivity contribution is 0.0697. The van der Waals surface area contributed by atoms with Gasteiger partial charge in [0, 0.05) is 5.54 Å². The number of carbonyl (C=O) groups excluding carboxylic acids is 1. The number of carboxylic acids is 1. The molecule has 0 aliphatic carbocycles. The summed E-state index contributed by atoms with van der Waals surface area (Å²) in [6, 6.07) is 2.98. The fourth-order valence-corrected chi connectivity index (χ4v) is 1.97. The molecule has 0 spiro atoms. The van der Waals surface area contributed by atoms with Gasteiger partial charge in [-0.15, -0.1) is 0 Å². The molecule has 0 aromatic heterocycles. The van der Waals surface area contributed by atoms with E-state index in [0.717, 1.165) is 18.9 Å². The summed E-state index contributed by atoms with van der Waals surface area (Å²) in [5, 5.41) is 13.9. The first-order chi connectivity index (χ1) is 9.26. The lowest BCUT2D eigenvalue weighted by Gasteiger charge is -2.26. The summed E-state index contributed by atoms with van der Waals surface area (Å²) in [4.78, 5) is 22.9. The van der Waals surface area contributed by atoms with E-state index in [1.807, 2.05) is 20.8 Å². The van der Waals surface area contributed by atoms with Crippen LogP contribution in [-0.4, -0.2) is 22.6 Å². The molecule has 20 heavy (non-hydrogen) atoms. The van der Waals surface area contributed by atoms with Gasteiger partial charge < -0.3 is 15.7 Å². The first-order valence-corrected chi connectivity index (χ1v) is 6.38. The quantitative estimate of drug-likeness (QED) is 0.775. The topological polar surface area (TPSA) is 78.4 Å². The molecule has 3 N–H and O–H groups in total. The summed E-state index contributed by atoms with van der Waals surface area (Å²) < 4.78 is 13.6.